The van der Waals surface area contributed by atoms with E-state index in [-0.39, 0.29) is 24.7 Å². The zero-order chi connectivity index (χ0) is 14.4. The first-order chi connectivity index (χ1) is 9.69. The SMILES string of the molecule is COCC(C)NC(=O)COC1CNc2ccccc2C1. The fraction of sp³-hybridized carbons (Fsp3) is 0.533. The van der Waals surface area contributed by atoms with Crippen molar-refractivity contribution in [2.45, 2.75) is 25.5 Å². The Labute approximate surface area is 119 Å². The molecule has 0 spiro atoms. The summed E-state index contributed by atoms with van der Waals surface area (Å²) in [5.41, 5.74) is 2.39. The van der Waals surface area contributed by atoms with Gasteiger partial charge < -0.3 is 20.1 Å². The van der Waals surface area contributed by atoms with Gasteiger partial charge in [-0.05, 0) is 18.6 Å². The van der Waals surface area contributed by atoms with Crippen LogP contribution in [0, 0.1) is 0 Å². The molecule has 0 radical (unpaired) electrons. The Balaban J connectivity index is 1.74. The van der Waals surface area contributed by atoms with E-state index < -0.39 is 0 Å². The van der Waals surface area contributed by atoms with Gasteiger partial charge in [0.1, 0.15) is 6.61 Å². The predicted octanol–water partition coefficient (Wildman–Crippen LogP) is 1.19. The van der Waals surface area contributed by atoms with Crippen LogP contribution in [0.25, 0.3) is 0 Å². The number of hydrogen-bond acceptors (Lipinski definition) is 4. The summed E-state index contributed by atoms with van der Waals surface area (Å²) in [6.07, 6.45) is 0.873. The number of methoxy groups -OCH3 is 1. The van der Waals surface area contributed by atoms with Crippen LogP contribution in [-0.4, -0.2) is 44.9 Å². The molecule has 5 heteroatoms. The van der Waals surface area contributed by atoms with Crippen molar-refractivity contribution >= 4 is 11.6 Å². The van der Waals surface area contributed by atoms with Crippen molar-refractivity contribution < 1.29 is 14.3 Å². The van der Waals surface area contributed by atoms with Crippen LogP contribution in [0.5, 0.6) is 0 Å². The van der Waals surface area contributed by atoms with Crippen LogP contribution in [0.3, 0.4) is 0 Å². The van der Waals surface area contributed by atoms with E-state index in [1.165, 1.54) is 5.56 Å². The number of anilines is 1. The molecule has 1 aromatic rings. The molecule has 0 aromatic heterocycles. The first-order valence-corrected chi connectivity index (χ1v) is 6.90. The number of ether oxygens (including phenoxy) is 2. The van der Waals surface area contributed by atoms with Crippen LogP contribution in [0.2, 0.25) is 0 Å². The summed E-state index contributed by atoms with van der Waals surface area (Å²) in [5, 5.41) is 6.15. The fourth-order valence-corrected chi connectivity index (χ4v) is 2.33. The standard InChI is InChI=1S/C15H22N2O3/c1-11(9-19-2)17-15(18)10-20-13-7-12-5-3-4-6-14(12)16-8-13/h3-6,11,13,16H,7-10H2,1-2H3,(H,17,18). The molecule has 2 rings (SSSR count). The number of benzene rings is 1. The van der Waals surface area contributed by atoms with Crippen molar-refractivity contribution in [3.05, 3.63) is 29.8 Å². The normalized spacial score (nSPS) is 18.8. The van der Waals surface area contributed by atoms with Crippen molar-refractivity contribution in [1.29, 1.82) is 0 Å². The van der Waals surface area contributed by atoms with Crippen LogP contribution in [0.1, 0.15) is 12.5 Å². The Bertz CT molecular complexity index is 450. The highest BCUT2D eigenvalue weighted by Crippen LogP contribution is 2.22. The maximum Gasteiger partial charge on any atom is 0.246 e. The van der Waals surface area contributed by atoms with Crippen molar-refractivity contribution in [2.75, 3.05) is 32.2 Å². The number of rotatable bonds is 6. The van der Waals surface area contributed by atoms with E-state index in [9.17, 15) is 4.79 Å². The zero-order valence-corrected chi connectivity index (χ0v) is 12.0. The first kappa shape index (κ1) is 14.8. The second kappa shape index (κ2) is 7.26. The average Bonchev–Trinajstić information content (AvgIpc) is 2.45. The Morgan fingerprint density at radius 1 is 1.50 bits per heavy atom. The molecule has 1 aromatic carbocycles. The smallest absolute Gasteiger partial charge is 0.246 e. The maximum atomic E-state index is 11.7. The van der Waals surface area contributed by atoms with Gasteiger partial charge in [-0.15, -0.1) is 0 Å². The summed E-state index contributed by atoms with van der Waals surface area (Å²) in [4.78, 5) is 11.7. The van der Waals surface area contributed by atoms with Gasteiger partial charge in [-0.25, -0.2) is 0 Å². The number of hydrogen-bond donors (Lipinski definition) is 2. The van der Waals surface area contributed by atoms with E-state index in [1.807, 2.05) is 19.1 Å². The lowest BCUT2D eigenvalue weighted by Gasteiger charge is -2.26. The molecule has 2 atom stereocenters. The van der Waals surface area contributed by atoms with Gasteiger partial charge in [0, 0.05) is 31.8 Å². The van der Waals surface area contributed by atoms with Crippen molar-refractivity contribution in [2.24, 2.45) is 0 Å². The predicted molar refractivity (Wildman–Crippen MR) is 77.9 cm³/mol. The summed E-state index contributed by atoms with van der Waals surface area (Å²) >= 11 is 0. The van der Waals surface area contributed by atoms with E-state index in [0.29, 0.717) is 6.61 Å². The zero-order valence-electron chi connectivity index (χ0n) is 12.0. The lowest BCUT2D eigenvalue weighted by atomic mass is 10.0. The van der Waals surface area contributed by atoms with Gasteiger partial charge >= 0.3 is 0 Å². The highest BCUT2D eigenvalue weighted by atomic mass is 16.5. The van der Waals surface area contributed by atoms with Gasteiger partial charge in [0.2, 0.25) is 5.91 Å². The molecule has 20 heavy (non-hydrogen) atoms. The first-order valence-electron chi connectivity index (χ1n) is 6.90. The molecular formula is C15H22N2O3. The van der Waals surface area contributed by atoms with E-state index >= 15 is 0 Å². The highest BCUT2D eigenvalue weighted by Gasteiger charge is 2.19. The molecule has 1 amide bonds. The van der Waals surface area contributed by atoms with Crippen molar-refractivity contribution in [3.8, 4) is 0 Å². The quantitative estimate of drug-likeness (QED) is 0.820. The second-order valence-corrected chi connectivity index (χ2v) is 5.10. The lowest BCUT2D eigenvalue weighted by Crippen LogP contribution is -2.40. The lowest BCUT2D eigenvalue weighted by molar-refractivity contribution is -0.128. The van der Waals surface area contributed by atoms with Crippen LogP contribution in [-0.2, 0) is 20.7 Å². The molecule has 2 unspecified atom stereocenters. The molecule has 2 N–H and O–H groups in total. The van der Waals surface area contributed by atoms with Crippen LogP contribution < -0.4 is 10.6 Å². The van der Waals surface area contributed by atoms with E-state index in [4.69, 9.17) is 9.47 Å². The van der Waals surface area contributed by atoms with Crippen LogP contribution in [0.4, 0.5) is 5.69 Å². The number of fused-ring (bicyclic) bond motifs is 1. The summed E-state index contributed by atoms with van der Waals surface area (Å²) in [6.45, 7) is 3.23. The minimum atomic E-state index is -0.103. The third-order valence-electron chi connectivity index (χ3n) is 3.26. The van der Waals surface area contributed by atoms with Crippen LogP contribution in [0.15, 0.2) is 24.3 Å². The second-order valence-electron chi connectivity index (χ2n) is 5.10. The molecule has 0 aliphatic carbocycles. The van der Waals surface area contributed by atoms with Crippen LogP contribution >= 0.6 is 0 Å². The number of amides is 1. The van der Waals surface area contributed by atoms with Gasteiger partial charge in [0.05, 0.1) is 12.7 Å². The van der Waals surface area contributed by atoms with E-state index in [0.717, 1.165) is 18.7 Å². The van der Waals surface area contributed by atoms with Gasteiger partial charge in [-0.3, -0.25) is 4.79 Å². The van der Waals surface area contributed by atoms with Crippen molar-refractivity contribution in [3.63, 3.8) is 0 Å². The minimum absolute atomic E-state index is 0.00121. The number of carbonyl (C=O) groups excluding carboxylic acids is 1. The molecule has 5 nitrogen and oxygen atoms in total. The summed E-state index contributed by atoms with van der Waals surface area (Å²) in [7, 11) is 1.62. The third kappa shape index (κ3) is 4.21. The molecule has 1 aliphatic rings. The Hall–Kier alpha value is -1.59. The largest absolute Gasteiger partial charge is 0.383 e. The summed E-state index contributed by atoms with van der Waals surface area (Å²) < 4.78 is 10.6. The monoisotopic (exact) mass is 278 g/mol. The average molecular weight is 278 g/mol. The fourth-order valence-electron chi connectivity index (χ4n) is 2.33. The Kier molecular flexibility index (Phi) is 5.38. The molecule has 0 fully saturated rings. The highest BCUT2D eigenvalue weighted by molar-refractivity contribution is 5.77. The van der Waals surface area contributed by atoms with Gasteiger partial charge in [-0.2, -0.15) is 0 Å². The molecule has 0 bridgehead atoms. The molecule has 0 saturated heterocycles. The number of nitrogens with one attached hydrogen (secondary N) is 2. The minimum Gasteiger partial charge on any atom is -0.383 e. The van der Waals surface area contributed by atoms with Gasteiger partial charge in [-0.1, -0.05) is 18.2 Å². The van der Waals surface area contributed by atoms with Gasteiger partial charge in [0.15, 0.2) is 0 Å². The summed E-state index contributed by atoms with van der Waals surface area (Å²) in [5.74, 6) is -0.103. The topological polar surface area (TPSA) is 59.6 Å². The molecule has 0 saturated carbocycles. The molecule has 1 heterocycles. The number of para-hydroxylation sites is 1. The van der Waals surface area contributed by atoms with Crippen molar-refractivity contribution in [1.82, 2.24) is 5.32 Å². The molecular weight excluding hydrogens is 256 g/mol. The molecule has 110 valence electrons. The molecule has 1 aliphatic heterocycles. The third-order valence-corrected chi connectivity index (χ3v) is 3.26. The van der Waals surface area contributed by atoms with E-state index in [1.54, 1.807) is 7.11 Å². The maximum absolute atomic E-state index is 11.7. The Morgan fingerprint density at radius 3 is 3.10 bits per heavy atom. The van der Waals surface area contributed by atoms with E-state index in [2.05, 4.69) is 22.8 Å². The summed E-state index contributed by atoms with van der Waals surface area (Å²) in [6, 6.07) is 8.17. The van der Waals surface area contributed by atoms with Gasteiger partial charge in [0.25, 0.3) is 0 Å². The Morgan fingerprint density at radius 2 is 2.30 bits per heavy atom. The number of carbonyl (C=O) groups is 1.